The summed E-state index contributed by atoms with van der Waals surface area (Å²) in [6, 6.07) is 13.8. The molecule has 0 aliphatic carbocycles. The summed E-state index contributed by atoms with van der Waals surface area (Å²) in [7, 11) is 0. The van der Waals surface area contributed by atoms with Gasteiger partial charge in [0, 0.05) is 51.4 Å². The van der Waals surface area contributed by atoms with Gasteiger partial charge in [0.1, 0.15) is 0 Å². The SMILES string of the molecule is CC(C)(C)OC[C@@H](O)CN1CCN(CCNC(=O)c2cccc3ccccc23)CC1. The van der Waals surface area contributed by atoms with Gasteiger partial charge in [-0.25, -0.2) is 0 Å². The van der Waals surface area contributed by atoms with Crippen molar-refractivity contribution in [3.63, 3.8) is 0 Å². The number of amides is 1. The van der Waals surface area contributed by atoms with Crippen LogP contribution in [-0.4, -0.2) is 84.9 Å². The zero-order chi connectivity index (χ0) is 21.6. The highest BCUT2D eigenvalue weighted by atomic mass is 16.5. The van der Waals surface area contributed by atoms with Gasteiger partial charge in [-0.3, -0.25) is 14.6 Å². The van der Waals surface area contributed by atoms with E-state index in [1.807, 2.05) is 63.2 Å². The molecule has 2 N–H and O–H groups in total. The van der Waals surface area contributed by atoms with E-state index in [2.05, 4.69) is 15.1 Å². The predicted octanol–water partition coefficient (Wildman–Crippen LogP) is 2.36. The Hall–Kier alpha value is -1.99. The molecule has 1 saturated heterocycles. The molecule has 0 bridgehead atoms. The first kappa shape index (κ1) is 22.7. The highest BCUT2D eigenvalue weighted by molar-refractivity contribution is 6.06. The molecule has 2 aromatic carbocycles. The third kappa shape index (κ3) is 6.77. The maximum absolute atomic E-state index is 12.6. The van der Waals surface area contributed by atoms with Crippen LogP contribution in [0.2, 0.25) is 0 Å². The van der Waals surface area contributed by atoms with E-state index in [0.29, 0.717) is 19.7 Å². The molecule has 2 aromatic rings. The largest absolute Gasteiger partial charge is 0.389 e. The van der Waals surface area contributed by atoms with E-state index in [1.165, 1.54) is 0 Å². The summed E-state index contributed by atoms with van der Waals surface area (Å²) in [5, 5.41) is 15.3. The second-order valence-corrected chi connectivity index (χ2v) is 9.00. The number of nitrogens with one attached hydrogen (secondary N) is 1. The summed E-state index contributed by atoms with van der Waals surface area (Å²) in [5.41, 5.74) is 0.500. The van der Waals surface area contributed by atoms with Gasteiger partial charge in [-0.05, 0) is 37.6 Å². The summed E-state index contributed by atoms with van der Waals surface area (Å²) in [6.07, 6.45) is -0.462. The molecule has 1 heterocycles. The molecule has 30 heavy (non-hydrogen) atoms. The van der Waals surface area contributed by atoms with Gasteiger partial charge in [0.2, 0.25) is 0 Å². The van der Waals surface area contributed by atoms with Crippen molar-refractivity contribution in [1.82, 2.24) is 15.1 Å². The van der Waals surface area contributed by atoms with Crippen LogP contribution in [0.1, 0.15) is 31.1 Å². The van der Waals surface area contributed by atoms with Gasteiger partial charge >= 0.3 is 0 Å². The number of carbonyl (C=O) groups is 1. The molecule has 0 spiro atoms. The molecular formula is C24H35N3O3. The summed E-state index contributed by atoms with van der Waals surface area (Å²) in [4.78, 5) is 17.3. The maximum atomic E-state index is 12.6. The van der Waals surface area contributed by atoms with Crippen LogP contribution in [0.5, 0.6) is 0 Å². The number of ether oxygens (including phenoxy) is 1. The molecule has 1 fully saturated rings. The molecule has 0 radical (unpaired) electrons. The first-order valence-electron chi connectivity index (χ1n) is 10.8. The third-order valence-corrected chi connectivity index (χ3v) is 5.39. The minimum absolute atomic E-state index is 0.0209. The molecule has 1 aliphatic heterocycles. The van der Waals surface area contributed by atoms with Gasteiger partial charge < -0.3 is 15.2 Å². The van der Waals surface area contributed by atoms with Crippen LogP contribution >= 0.6 is 0 Å². The second-order valence-electron chi connectivity index (χ2n) is 9.00. The van der Waals surface area contributed by atoms with Gasteiger partial charge in [0.05, 0.1) is 18.3 Å². The number of aliphatic hydroxyl groups excluding tert-OH is 1. The number of aliphatic hydroxyl groups is 1. The predicted molar refractivity (Wildman–Crippen MR) is 121 cm³/mol. The first-order valence-corrected chi connectivity index (χ1v) is 10.8. The minimum Gasteiger partial charge on any atom is -0.389 e. The Bertz CT molecular complexity index is 821. The van der Waals surface area contributed by atoms with E-state index in [-0.39, 0.29) is 11.5 Å². The standard InChI is InChI=1S/C24H35N3O3/c1-24(2,3)30-18-20(28)17-27-15-13-26(14-16-27)12-11-25-23(29)22-10-6-8-19-7-4-5-9-21(19)22/h4-10,20,28H,11-18H2,1-3H3,(H,25,29)/t20-/m0/s1. The Morgan fingerprint density at radius 1 is 1.07 bits per heavy atom. The van der Waals surface area contributed by atoms with Crippen molar-refractivity contribution < 1.29 is 14.6 Å². The van der Waals surface area contributed by atoms with E-state index in [0.717, 1.165) is 49.1 Å². The number of hydrogen-bond donors (Lipinski definition) is 2. The number of benzene rings is 2. The molecule has 0 unspecified atom stereocenters. The van der Waals surface area contributed by atoms with Gasteiger partial charge in [0.25, 0.3) is 5.91 Å². The Morgan fingerprint density at radius 2 is 1.73 bits per heavy atom. The van der Waals surface area contributed by atoms with Crippen molar-refractivity contribution in [1.29, 1.82) is 0 Å². The van der Waals surface area contributed by atoms with Crippen molar-refractivity contribution in [2.75, 3.05) is 52.4 Å². The van der Waals surface area contributed by atoms with Crippen LogP contribution < -0.4 is 5.32 Å². The average molecular weight is 414 g/mol. The van der Waals surface area contributed by atoms with Crippen molar-refractivity contribution in [3.8, 4) is 0 Å². The van der Waals surface area contributed by atoms with Gasteiger partial charge in [-0.1, -0.05) is 36.4 Å². The molecule has 0 aromatic heterocycles. The van der Waals surface area contributed by atoms with Crippen LogP contribution in [0.3, 0.4) is 0 Å². The van der Waals surface area contributed by atoms with Crippen LogP contribution in [0, 0.1) is 0 Å². The summed E-state index contributed by atoms with van der Waals surface area (Å²) in [6.45, 7) is 12.2. The normalized spacial score (nSPS) is 17.2. The number of fused-ring (bicyclic) bond motifs is 1. The molecule has 0 saturated carbocycles. The highest BCUT2D eigenvalue weighted by Crippen LogP contribution is 2.18. The van der Waals surface area contributed by atoms with Gasteiger partial charge in [-0.15, -0.1) is 0 Å². The fraction of sp³-hybridized carbons (Fsp3) is 0.542. The maximum Gasteiger partial charge on any atom is 0.251 e. The molecule has 1 aliphatic rings. The van der Waals surface area contributed by atoms with Crippen molar-refractivity contribution in [2.45, 2.75) is 32.5 Å². The van der Waals surface area contributed by atoms with Crippen LogP contribution in [0.15, 0.2) is 42.5 Å². The van der Waals surface area contributed by atoms with E-state index < -0.39 is 6.10 Å². The molecule has 1 amide bonds. The van der Waals surface area contributed by atoms with Gasteiger partial charge in [0.15, 0.2) is 0 Å². The Kier molecular flexibility index (Phi) is 7.83. The van der Waals surface area contributed by atoms with E-state index in [4.69, 9.17) is 4.74 Å². The van der Waals surface area contributed by atoms with Crippen molar-refractivity contribution in [2.24, 2.45) is 0 Å². The third-order valence-electron chi connectivity index (χ3n) is 5.39. The van der Waals surface area contributed by atoms with Crippen molar-refractivity contribution in [3.05, 3.63) is 48.0 Å². The van der Waals surface area contributed by atoms with Crippen LogP contribution in [-0.2, 0) is 4.74 Å². The Balaban J connectivity index is 1.37. The fourth-order valence-electron chi connectivity index (χ4n) is 3.74. The quantitative estimate of drug-likeness (QED) is 0.696. The number of nitrogens with zero attached hydrogens (tertiary/aromatic N) is 2. The summed E-state index contributed by atoms with van der Waals surface area (Å²) < 4.78 is 5.67. The second kappa shape index (κ2) is 10.4. The minimum atomic E-state index is -0.462. The van der Waals surface area contributed by atoms with Crippen molar-refractivity contribution >= 4 is 16.7 Å². The number of carbonyl (C=O) groups excluding carboxylic acids is 1. The molecule has 6 heteroatoms. The lowest BCUT2D eigenvalue weighted by Crippen LogP contribution is -2.50. The molecule has 164 valence electrons. The number of β-amino-alcohol motifs (C(OH)–C–C–N with tert-alkyl or cyclic N) is 1. The van der Waals surface area contributed by atoms with Crippen LogP contribution in [0.4, 0.5) is 0 Å². The van der Waals surface area contributed by atoms with Gasteiger partial charge in [-0.2, -0.15) is 0 Å². The highest BCUT2D eigenvalue weighted by Gasteiger charge is 2.21. The topological polar surface area (TPSA) is 65.0 Å². The van der Waals surface area contributed by atoms with E-state index >= 15 is 0 Å². The Labute approximate surface area is 179 Å². The zero-order valence-corrected chi connectivity index (χ0v) is 18.4. The average Bonchev–Trinajstić information content (AvgIpc) is 2.72. The lowest BCUT2D eigenvalue weighted by atomic mass is 10.0. The zero-order valence-electron chi connectivity index (χ0n) is 18.4. The monoisotopic (exact) mass is 413 g/mol. The molecule has 1 atom stereocenters. The number of piperazine rings is 1. The smallest absolute Gasteiger partial charge is 0.251 e. The van der Waals surface area contributed by atoms with E-state index in [9.17, 15) is 9.90 Å². The number of hydrogen-bond acceptors (Lipinski definition) is 5. The molecule has 3 rings (SSSR count). The first-order chi connectivity index (χ1) is 14.3. The molecular weight excluding hydrogens is 378 g/mol. The summed E-state index contributed by atoms with van der Waals surface area (Å²) in [5.74, 6) is -0.0209. The Morgan fingerprint density at radius 3 is 2.47 bits per heavy atom. The molecule has 6 nitrogen and oxygen atoms in total. The fourth-order valence-corrected chi connectivity index (χ4v) is 3.74. The lowest BCUT2D eigenvalue weighted by Gasteiger charge is -2.35. The van der Waals surface area contributed by atoms with E-state index in [1.54, 1.807) is 0 Å². The lowest BCUT2D eigenvalue weighted by molar-refractivity contribution is -0.0585. The number of rotatable bonds is 8. The summed E-state index contributed by atoms with van der Waals surface area (Å²) >= 11 is 0. The van der Waals surface area contributed by atoms with Crippen LogP contribution in [0.25, 0.3) is 10.8 Å².